The predicted molar refractivity (Wildman–Crippen MR) is 94.6 cm³/mol. The van der Waals surface area contributed by atoms with E-state index in [1.54, 1.807) is 0 Å². The fraction of sp³-hybridized carbons (Fsp3) is 0.421. The lowest BCUT2D eigenvalue weighted by Crippen LogP contribution is -2.91. The Kier molecular flexibility index (Phi) is 5.13. The monoisotopic (exact) mass is 329 g/mol. The smallest absolute Gasteiger partial charge is 0.278 e. The Bertz CT molecular complexity index is 652. The molecule has 0 aliphatic carbocycles. The molecule has 0 saturated heterocycles. The molecule has 0 radical (unpaired) electrons. The van der Waals surface area contributed by atoms with Crippen molar-refractivity contribution in [2.45, 2.75) is 38.8 Å². The quantitative estimate of drug-likeness (QED) is 0.899. The van der Waals surface area contributed by atoms with Gasteiger partial charge in [0.15, 0.2) is 6.54 Å². The van der Waals surface area contributed by atoms with E-state index in [1.807, 2.05) is 17.4 Å². The number of quaternary nitrogens is 1. The van der Waals surface area contributed by atoms with Crippen molar-refractivity contribution >= 4 is 17.2 Å². The topological polar surface area (TPSA) is 36.9 Å². The van der Waals surface area contributed by atoms with Crippen molar-refractivity contribution in [3.63, 3.8) is 0 Å². The maximum Gasteiger partial charge on any atom is 0.278 e. The number of benzene rings is 1. The number of hydrogen-bond donors (Lipinski definition) is 1. The van der Waals surface area contributed by atoms with Gasteiger partial charge >= 0.3 is 0 Å². The second-order valence-electron chi connectivity index (χ2n) is 6.27. The van der Waals surface area contributed by atoms with Crippen LogP contribution in [0.2, 0.25) is 0 Å². The van der Waals surface area contributed by atoms with Crippen molar-refractivity contribution in [3.8, 4) is 0 Å². The van der Waals surface area contributed by atoms with Gasteiger partial charge in [0.05, 0.1) is 12.1 Å². The minimum absolute atomic E-state index is 0.0732. The van der Waals surface area contributed by atoms with Crippen LogP contribution in [0.1, 0.15) is 42.3 Å². The molecule has 3 rings (SSSR count). The molecule has 2 aromatic rings. The normalized spacial score (nSPS) is 18.5. The summed E-state index contributed by atoms with van der Waals surface area (Å²) in [4.78, 5) is 16.3. The van der Waals surface area contributed by atoms with Gasteiger partial charge in [-0.15, -0.1) is 11.3 Å². The summed E-state index contributed by atoms with van der Waals surface area (Å²) in [5.41, 5.74) is 2.52. The van der Waals surface area contributed by atoms with Gasteiger partial charge < -0.3 is 10.2 Å². The van der Waals surface area contributed by atoms with Gasteiger partial charge in [0.25, 0.3) is 5.91 Å². The summed E-state index contributed by atoms with van der Waals surface area (Å²) < 4.78 is 0. The molecule has 1 aromatic carbocycles. The highest BCUT2D eigenvalue weighted by atomic mass is 32.1. The fourth-order valence-electron chi connectivity index (χ4n) is 3.17. The first-order valence-electron chi connectivity index (χ1n) is 8.44. The molecular formula is C19H25N2OS+. The number of carbonyl (C=O) groups excluding carboxylic acids is 1. The van der Waals surface area contributed by atoms with Crippen LogP contribution in [0.3, 0.4) is 0 Å². The molecule has 0 unspecified atom stereocenters. The van der Waals surface area contributed by atoms with E-state index in [0.717, 1.165) is 19.4 Å². The first-order chi connectivity index (χ1) is 11.2. The van der Waals surface area contributed by atoms with Gasteiger partial charge in [-0.1, -0.05) is 37.3 Å². The third-order valence-corrected chi connectivity index (χ3v) is 5.74. The average molecular weight is 329 g/mol. The van der Waals surface area contributed by atoms with Crippen molar-refractivity contribution in [1.82, 2.24) is 4.90 Å². The molecule has 1 aliphatic heterocycles. The Hall–Kier alpha value is -1.65. The van der Waals surface area contributed by atoms with Gasteiger partial charge in [-0.25, -0.2) is 0 Å². The van der Waals surface area contributed by atoms with E-state index in [1.165, 1.54) is 16.0 Å². The van der Waals surface area contributed by atoms with Crippen LogP contribution >= 0.6 is 11.3 Å². The third-order valence-electron chi connectivity index (χ3n) is 4.74. The summed E-state index contributed by atoms with van der Waals surface area (Å²) in [5, 5.41) is 4.31. The first kappa shape index (κ1) is 16.2. The molecule has 0 fully saturated rings. The Balaban J connectivity index is 1.85. The largest absolute Gasteiger partial charge is 0.336 e. The van der Waals surface area contributed by atoms with Crippen LogP contribution in [-0.4, -0.2) is 29.9 Å². The average Bonchev–Trinajstić information content (AvgIpc) is 3.07. The predicted octanol–water partition coefficient (Wildman–Crippen LogP) is 2.58. The Morgan fingerprint density at radius 1 is 1.35 bits per heavy atom. The van der Waals surface area contributed by atoms with Gasteiger partial charge in [0.2, 0.25) is 0 Å². The number of rotatable bonds is 5. The molecule has 3 nitrogen and oxygen atoms in total. The zero-order valence-corrected chi connectivity index (χ0v) is 14.7. The van der Waals surface area contributed by atoms with Crippen LogP contribution in [0.4, 0.5) is 0 Å². The molecule has 0 spiro atoms. The number of amides is 1. The van der Waals surface area contributed by atoms with Crippen molar-refractivity contribution in [2.24, 2.45) is 0 Å². The Morgan fingerprint density at radius 2 is 2.13 bits per heavy atom. The summed E-state index contributed by atoms with van der Waals surface area (Å²) in [6.45, 7) is 5.70. The number of thiophene rings is 1. The summed E-state index contributed by atoms with van der Waals surface area (Å²) >= 11 is 1.81. The van der Waals surface area contributed by atoms with E-state index < -0.39 is 0 Å². The highest BCUT2D eigenvalue weighted by molar-refractivity contribution is 7.10. The van der Waals surface area contributed by atoms with Crippen molar-refractivity contribution in [1.29, 1.82) is 0 Å². The van der Waals surface area contributed by atoms with E-state index in [0.29, 0.717) is 12.6 Å². The SMILES string of the molecule is CC[C@@H](C)[NH2+]CC(=O)N1CCc2sccc2[C@@H]1c1ccccc1. The molecule has 0 saturated carbocycles. The van der Waals surface area contributed by atoms with E-state index in [2.05, 4.69) is 59.8 Å². The minimum atomic E-state index is 0.0732. The van der Waals surface area contributed by atoms with Crippen LogP contribution in [-0.2, 0) is 11.2 Å². The number of carbonyl (C=O) groups is 1. The number of fused-ring (bicyclic) bond motifs is 1. The van der Waals surface area contributed by atoms with Gasteiger partial charge in [-0.3, -0.25) is 4.79 Å². The van der Waals surface area contributed by atoms with Gasteiger partial charge in [0, 0.05) is 11.4 Å². The third kappa shape index (κ3) is 3.48. The van der Waals surface area contributed by atoms with Crippen molar-refractivity contribution in [2.75, 3.05) is 13.1 Å². The molecule has 1 aromatic heterocycles. The summed E-state index contributed by atoms with van der Waals surface area (Å²) in [6, 6.07) is 13.2. The number of nitrogens with zero attached hydrogens (tertiary/aromatic N) is 1. The lowest BCUT2D eigenvalue weighted by atomic mass is 9.93. The van der Waals surface area contributed by atoms with Crippen LogP contribution in [0, 0.1) is 0 Å². The minimum Gasteiger partial charge on any atom is -0.336 e. The zero-order chi connectivity index (χ0) is 16.2. The van der Waals surface area contributed by atoms with E-state index >= 15 is 0 Å². The van der Waals surface area contributed by atoms with E-state index in [-0.39, 0.29) is 11.9 Å². The number of hydrogen-bond acceptors (Lipinski definition) is 2. The molecule has 2 heterocycles. The highest BCUT2D eigenvalue weighted by Gasteiger charge is 2.33. The van der Waals surface area contributed by atoms with Crippen LogP contribution < -0.4 is 5.32 Å². The standard InChI is InChI=1S/C19H24N2OS/c1-3-14(2)20-13-18(22)21-11-9-17-16(10-12-23-17)19(21)15-7-5-4-6-8-15/h4-8,10,12,14,19-20H,3,9,11,13H2,1-2H3/p+1/t14-,19+/m1/s1. The van der Waals surface area contributed by atoms with Crippen LogP contribution in [0.15, 0.2) is 41.8 Å². The molecule has 0 bridgehead atoms. The first-order valence-corrected chi connectivity index (χ1v) is 9.32. The molecule has 23 heavy (non-hydrogen) atoms. The van der Waals surface area contributed by atoms with E-state index in [9.17, 15) is 4.79 Å². The lowest BCUT2D eigenvalue weighted by molar-refractivity contribution is -0.676. The Labute approximate surface area is 142 Å². The fourth-order valence-corrected chi connectivity index (χ4v) is 4.07. The lowest BCUT2D eigenvalue weighted by Gasteiger charge is -2.36. The molecule has 2 N–H and O–H groups in total. The second kappa shape index (κ2) is 7.28. The summed E-state index contributed by atoms with van der Waals surface area (Å²) in [6.07, 6.45) is 2.06. The Morgan fingerprint density at radius 3 is 2.87 bits per heavy atom. The molecule has 4 heteroatoms. The number of nitrogens with two attached hydrogens (primary N) is 1. The van der Waals surface area contributed by atoms with Gasteiger partial charge in [0.1, 0.15) is 0 Å². The van der Waals surface area contributed by atoms with Gasteiger partial charge in [-0.2, -0.15) is 0 Å². The molecule has 1 aliphatic rings. The highest BCUT2D eigenvalue weighted by Crippen LogP contribution is 2.37. The van der Waals surface area contributed by atoms with Gasteiger partial charge in [-0.05, 0) is 42.3 Å². The molecule has 2 atom stereocenters. The van der Waals surface area contributed by atoms with E-state index in [4.69, 9.17) is 0 Å². The summed E-state index contributed by atoms with van der Waals surface area (Å²) in [7, 11) is 0. The van der Waals surface area contributed by atoms with Crippen molar-refractivity contribution in [3.05, 3.63) is 57.8 Å². The molecular weight excluding hydrogens is 304 g/mol. The maximum absolute atomic E-state index is 12.8. The van der Waals surface area contributed by atoms with Crippen LogP contribution in [0.5, 0.6) is 0 Å². The summed E-state index contributed by atoms with van der Waals surface area (Å²) in [5.74, 6) is 0.246. The molecule has 1 amide bonds. The molecule has 122 valence electrons. The maximum atomic E-state index is 12.8. The zero-order valence-electron chi connectivity index (χ0n) is 13.9. The van der Waals surface area contributed by atoms with Crippen LogP contribution in [0.25, 0.3) is 0 Å². The van der Waals surface area contributed by atoms with Crippen molar-refractivity contribution < 1.29 is 10.1 Å². The second-order valence-corrected chi connectivity index (χ2v) is 7.28.